The normalized spacial score (nSPS) is 10.1. The molecule has 0 bridgehead atoms. The van der Waals surface area contributed by atoms with Gasteiger partial charge in [-0.2, -0.15) is 0 Å². The maximum Gasteiger partial charge on any atom is 0.411 e. The maximum atomic E-state index is 11.3. The van der Waals surface area contributed by atoms with Crippen molar-refractivity contribution < 1.29 is 14.3 Å². The zero-order valence-corrected chi connectivity index (χ0v) is 11.6. The number of amides is 2. The van der Waals surface area contributed by atoms with Gasteiger partial charge in [0, 0.05) is 9.26 Å². The predicted molar refractivity (Wildman–Crippen MR) is 72.9 cm³/mol. The number of anilines is 1. The molecule has 0 aliphatic rings. The summed E-state index contributed by atoms with van der Waals surface area (Å²) in [5.74, 6) is -0.532. The van der Waals surface area contributed by atoms with Gasteiger partial charge < -0.3 is 10.5 Å². The fraction of sp³-hybridized carbons (Fsp3) is 0.273. The minimum absolute atomic E-state index is 0.200. The van der Waals surface area contributed by atoms with E-state index < -0.39 is 12.0 Å². The monoisotopic (exact) mass is 348 g/mol. The summed E-state index contributed by atoms with van der Waals surface area (Å²) in [6.07, 6.45) is -0.758. The number of carbonyl (C=O) groups excluding carboxylic acids is 2. The molecule has 5 nitrogen and oxygen atoms in total. The summed E-state index contributed by atoms with van der Waals surface area (Å²) in [5, 5.41) is 2.52. The van der Waals surface area contributed by atoms with E-state index in [0.717, 1.165) is 3.57 Å². The van der Waals surface area contributed by atoms with E-state index in [-0.39, 0.29) is 6.10 Å². The summed E-state index contributed by atoms with van der Waals surface area (Å²) >= 11 is 2.00. The first-order chi connectivity index (χ1) is 7.90. The van der Waals surface area contributed by atoms with E-state index in [0.29, 0.717) is 11.3 Å². The van der Waals surface area contributed by atoms with Gasteiger partial charge in [-0.05, 0) is 54.6 Å². The lowest BCUT2D eigenvalue weighted by molar-refractivity contribution is 0.0999. The van der Waals surface area contributed by atoms with E-state index >= 15 is 0 Å². The predicted octanol–water partition coefficient (Wildman–Crippen LogP) is 2.35. The molecule has 0 saturated heterocycles. The van der Waals surface area contributed by atoms with Crippen LogP contribution in [0.2, 0.25) is 0 Å². The van der Waals surface area contributed by atoms with Crippen LogP contribution in [0, 0.1) is 3.57 Å². The highest BCUT2D eigenvalue weighted by Crippen LogP contribution is 2.17. The Balaban J connectivity index is 2.82. The van der Waals surface area contributed by atoms with Crippen LogP contribution in [0.15, 0.2) is 18.2 Å². The average molecular weight is 348 g/mol. The number of carbonyl (C=O) groups is 2. The van der Waals surface area contributed by atoms with Gasteiger partial charge in [0.1, 0.15) is 0 Å². The van der Waals surface area contributed by atoms with Gasteiger partial charge in [0.15, 0.2) is 0 Å². The molecule has 0 aliphatic carbocycles. The van der Waals surface area contributed by atoms with Crippen LogP contribution in [0.1, 0.15) is 24.2 Å². The molecule has 17 heavy (non-hydrogen) atoms. The Labute approximate surface area is 113 Å². The van der Waals surface area contributed by atoms with Gasteiger partial charge in [-0.3, -0.25) is 10.1 Å². The molecule has 1 aromatic rings. The molecule has 0 spiro atoms. The smallest absolute Gasteiger partial charge is 0.411 e. The van der Waals surface area contributed by atoms with Gasteiger partial charge >= 0.3 is 6.09 Å². The summed E-state index contributed by atoms with van der Waals surface area (Å²) in [7, 11) is 0. The maximum absolute atomic E-state index is 11.3. The summed E-state index contributed by atoms with van der Waals surface area (Å²) in [5.41, 5.74) is 6.05. The zero-order valence-electron chi connectivity index (χ0n) is 9.49. The van der Waals surface area contributed by atoms with E-state index in [1.54, 1.807) is 26.0 Å². The van der Waals surface area contributed by atoms with Crippen LogP contribution in [-0.2, 0) is 4.74 Å². The average Bonchev–Trinajstić information content (AvgIpc) is 2.19. The number of nitrogens with two attached hydrogens (primary N) is 1. The lowest BCUT2D eigenvalue weighted by Crippen LogP contribution is -2.19. The minimum atomic E-state index is -0.559. The van der Waals surface area contributed by atoms with Crippen molar-refractivity contribution in [2.45, 2.75) is 20.0 Å². The van der Waals surface area contributed by atoms with Gasteiger partial charge in [0.25, 0.3) is 0 Å². The Hall–Kier alpha value is -1.31. The van der Waals surface area contributed by atoms with Gasteiger partial charge in [-0.1, -0.05) is 0 Å². The molecule has 2 amide bonds. The van der Waals surface area contributed by atoms with Gasteiger partial charge in [0.05, 0.1) is 11.7 Å². The van der Waals surface area contributed by atoms with E-state index in [1.807, 2.05) is 22.6 Å². The molecule has 0 aliphatic heterocycles. The Morgan fingerprint density at radius 1 is 1.41 bits per heavy atom. The van der Waals surface area contributed by atoms with Crippen molar-refractivity contribution in [3.8, 4) is 0 Å². The Bertz CT molecular complexity index is 446. The number of nitrogens with one attached hydrogen (secondary N) is 1. The Morgan fingerprint density at radius 3 is 2.59 bits per heavy atom. The number of hydrogen-bond acceptors (Lipinski definition) is 3. The molecule has 0 unspecified atom stereocenters. The third-order valence-corrected chi connectivity index (χ3v) is 2.76. The fourth-order valence-electron chi connectivity index (χ4n) is 1.15. The molecular formula is C11H13IN2O3. The van der Waals surface area contributed by atoms with Crippen molar-refractivity contribution in [2.75, 3.05) is 5.32 Å². The Kier molecular flexibility index (Phi) is 4.73. The molecule has 0 heterocycles. The topological polar surface area (TPSA) is 81.4 Å². The molecule has 1 aromatic carbocycles. The molecule has 6 heteroatoms. The first-order valence-corrected chi connectivity index (χ1v) is 6.05. The highest BCUT2D eigenvalue weighted by atomic mass is 127. The number of primary amides is 1. The van der Waals surface area contributed by atoms with E-state index in [4.69, 9.17) is 10.5 Å². The number of ether oxygens (including phenoxy) is 1. The molecule has 1 rings (SSSR count). The van der Waals surface area contributed by atoms with Crippen molar-refractivity contribution in [1.82, 2.24) is 0 Å². The summed E-state index contributed by atoms with van der Waals surface area (Å²) in [6.45, 7) is 3.50. The zero-order chi connectivity index (χ0) is 13.0. The summed E-state index contributed by atoms with van der Waals surface area (Å²) in [6, 6.07) is 4.90. The van der Waals surface area contributed by atoms with Crippen LogP contribution in [0.4, 0.5) is 10.5 Å². The minimum Gasteiger partial charge on any atom is -0.447 e. The van der Waals surface area contributed by atoms with E-state index in [2.05, 4.69) is 5.32 Å². The Morgan fingerprint density at radius 2 is 2.06 bits per heavy atom. The first-order valence-electron chi connectivity index (χ1n) is 4.97. The van der Waals surface area contributed by atoms with E-state index in [9.17, 15) is 9.59 Å². The summed E-state index contributed by atoms with van der Waals surface area (Å²) in [4.78, 5) is 22.4. The van der Waals surface area contributed by atoms with Gasteiger partial charge in [0.2, 0.25) is 5.91 Å². The summed E-state index contributed by atoms with van der Waals surface area (Å²) < 4.78 is 5.65. The fourth-order valence-corrected chi connectivity index (χ4v) is 1.75. The number of halogens is 1. The quantitative estimate of drug-likeness (QED) is 0.823. The van der Waals surface area contributed by atoms with Gasteiger partial charge in [-0.25, -0.2) is 4.79 Å². The highest BCUT2D eigenvalue weighted by molar-refractivity contribution is 14.1. The third-order valence-electron chi connectivity index (χ3n) is 1.82. The van der Waals surface area contributed by atoms with Crippen LogP contribution < -0.4 is 11.1 Å². The van der Waals surface area contributed by atoms with Crippen LogP contribution in [0.3, 0.4) is 0 Å². The standard InChI is InChI=1S/C11H13IN2O3/c1-6(2)17-11(16)14-7-3-4-9(12)8(5-7)10(13)15/h3-6H,1-2H3,(H2,13,15)(H,14,16). The second-order valence-corrected chi connectivity index (χ2v) is 4.80. The van der Waals surface area contributed by atoms with Crippen LogP contribution in [-0.4, -0.2) is 18.1 Å². The number of benzene rings is 1. The molecule has 0 radical (unpaired) electrons. The van der Waals surface area contributed by atoms with Crippen LogP contribution in [0.5, 0.6) is 0 Å². The number of hydrogen-bond donors (Lipinski definition) is 2. The van der Waals surface area contributed by atoms with E-state index in [1.165, 1.54) is 6.07 Å². The largest absolute Gasteiger partial charge is 0.447 e. The molecule has 0 aromatic heterocycles. The van der Waals surface area contributed by atoms with Crippen molar-refractivity contribution in [3.05, 3.63) is 27.3 Å². The van der Waals surface area contributed by atoms with Crippen molar-refractivity contribution in [1.29, 1.82) is 0 Å². The molecule has 92 valence electrons. The first kappa shape index (κ1) is 13.8. The van der Waals surface area contributed by atoms with Gasteiger partial charge in [-0.15, -0.1) is 0 Å². The van der Waals surface area contributed by atoms with Crippen LogP contribution in [0.25, 0.3) is 0 Å². The lowest BCUT2D eigenvalue weighted by atomic mass is 10.2. The second-order valence-electron chi connectivity index (χ2n) is 3.64. The molecule has 0 saturated carbocycles. The molecule has 0 fully saturated rings. The third kappa shape index (κ3) is 4.22. The SMILES string of the molecule is CC(C)OC(=O)Nc1ccc(I)c(C(N)=O)c1. The van der Waals surface area contributed by atoms with Crippen LogP contribution >= 0.6 is 22.6 Å². The second kappa shape index (κ2) is 5.85. The van der Waals surface area contributed by atoms with Crippen molar-refractivity contribution in [3.63, 3.8) is 0 Å². The number of rotatable bonds is 3. The van der Waals surface area contributed by atoms with Crippen molar-refractivity contribution >= 4 is 40.3 Å². The molecule has 0 atom stereocenters. The van der Waals surface area contributed by atoms with Crippen molar-refractivity contribution in [2.24, 2.45) is 5.73 Å². The highest BCUT2D eigenvalue weighted by Gasteiger charge is 2.10. The molecule has 3 N–H and O–H groups in total. The molecular weight excluding hydrogens is 335 g/mol. The lowest BCUT2D eigenvalue weighted by Gasteiger charge is -2.10.